The molecule has 0 saturated carbocycles. The van der Waals surface area contributed by atoms with Crippen LogP contribution in [0.3, 0.4) is 0 Å². The van der Waals surface area contributed by atoms with Gasteiger partial charge in [0.25, 0.3) is 0 Å². The van der Waals surface area contributed by atoms with Crippen molar-refractivity contribution in [2.24, 2.45) is 0 Å². The van der Waals surface area contributed by atoms with E-state index in [-0.39, 0.29) is 18.1 Å². The summed E-state index contributed by atoms with van der Waals surface area (Å²) in [5.74, 6) is -0.414. The molecule has 1 aromatic rings. The third kappa shape index (κ3) is 1.99. The molecule has 1 aromatic heterocycles. The fourth-order valence-electron chi connectivity index (χ4n) is 0.806. The van der Waals surface area contributed by atoms with Gasteiger partial charge in [-0.1, -0.05) is 0 Å². The Labute approximate surface area is 75.3 Å². The minimum atomic E-state index is -0.858. The second kappa shape index (κ2) is 4.13. The number of aliphatic hydroxyl groups excluding tert-OH is 1. The predicted octanol–water partition coefficient (Wildman–Crippen LogP) is 0.556. The lowest BCUT2D eigenvalue weighted by Gasteiger charge is -2.04. The van der Waals surface area contributed by atoms with Crippen molar-refractivity contribution in [1.82, 2.24) is 4.98 Å². The molecule has 0 aliphatic carbocycles. The van der Waals surface area contributed by atoms with Crippen LogP contribution in [-0.2, 0) is 0 Å². The molecule has 0 saturated heterocycles. The van der Waals surface area contributed by atoms with Crippen molar-refractivity contribution in [1.29, 1.82) is 0 Å². The quantitative estimate of drug-likeness (QED) is 0.607. The molecule has 3 N–H and O–H groups in total. The zero-order chi connectivity index (χ0) is 8.43. The topological polar surface area (TPSA) is 73.3 Å². The van der Waals surface area contributed by atoms with Gasteiger partial charge in [-0.15, -0.1) is 12.4 Å². The first-order valence-corrected chi connectivity index (χ1v) is 3.21. The highest BCUT2D eigenvalue weighted by Gasteiger charge is 2.08. The minimum absolute atomic E-state index is 0. The van der Waals surface area contributed by atoms with Gasteiger partial charge < -0.3 is 15.2 Å². The first-order chi connectivity index (χ1) is 5.13. The number of nitrogens with one attached hydrogen (secondary N) is 1. The molecule has 0 amide bonds. The van der Waals surface area contributed by atoms with Crippen LogP contribution in [0.2, 0.25) is 0 Å². The van der Waals surface area contributed by atoms with Crippen molar-refractivity contribution in [2.75, 3.05) is 0 Å². The Balaban J connectivity index is 0.00000121. The van der Waals surface area contributed by atoms with Crippen molar-refractivity contribution in [2.45, 2.75) is 13.0 Å². The van der Waals surface area contributed by atoms with Crippen LogP contribution in [0.25, 0.3) is 0 Å². The maximum Gasteiger partial charge on any atom is 0.223 e. The highest BCUT2D eigenvalue weighted by atomic mass is 35.5. The summed E-state index contributed by atoms with van der Waals surface area (Å²) < 4.78 is 0. The Morgan fingerprint density at radius 1 is 1.58 bits per heavy atom. The number of pyridine rings is 1. The molecule has 68 valence electrons. The number of aromatic nitrogens is 1. The SMILES string of the molecule is CC(O)c1[nH]ccc(=O)c1O.Cl. The average molecular weight is 192 g/mol. The lowest BCUT2D eigenvalue weighted by molar-refractivity contribution is 0.189. The molecule has 0 fully saturated rings. The van der Waals surface area contributed by atoms with Crippen molar-refractivity contribution in [3.05, 3.63) is 28.2 Å². The van der Waals surface area contributed by atoms with E-state index in [1.54, 1.807) is 0 Å². The molecule has 0 spiro atoms. The number of H-pyrrole nitrogens is 1. The van der Waals surface area contributed by atoms with E-state index in [0.29, 0.717) is 0 Å². The summed E-state index contributed by atoms with van der Waals surface area (Å²) in [6.07, 6.45) is 0.522. The summed E-state index contributed by atoms with van der Waals surface area (Å²) in [7, 11) is 0. The number of hydrogen-bond acceptors (Lipinski definition) is 3. The molecule has 0 radical (unpaired) electrons. The molecule has 0 aromatic carbocycles. The van der Waals surface area contributed by atoms with Crippen molar-refractivity contribution < 1.29 is 10.2 Å². The number of aromatic amines is 1. The van der Waals surface area contributed by atoms with E-state index >= 15 is 0 Å². The zero-order valence-corrected chi connectivity index (χ0v) is 7.26. The molecule has 1 heterocycles. The van der Waals surface area contributed by atoms with E-state index in [9.17, 15) is 4.79 Å². The Kier molecular flexibility index (Phi) is 3.79. The maximum absolute atomic E-state index is 10.8. The van der Waals surface area contributed by atoms with Crippen LogP contribution in [-0.4, -0.2) is 15.2 Å². The normalized spacial score (nSPS) is 11.8. The summed E-state index contributed by atoms with van der Waals surface area (Å²) >= 11 is 0. The second-order valence-corrected chi connectivity index (χ2v) is 2.28. The Hall–Kier alpha value is -1.000. The van der Waals surface area contributed by atoms with Gasteiger partial charge in [0.1, 0.15) is 0 Å². The van der Waals surface area contributed by atoms with E-state index in [1.807, 2.05) is 0 Å². The van der Waals surface area contributed by atoms with Crippen LogP contribution < -0.4 is 5.43 Å². The van der Waals surface area contributed by atoms with Crippen LogP contribution in [0.4, 0.5) is 0 Å². The van der Waals surface area contributed by atoms with Gasteiger partial charge in [0.2, 0.25) is 5.43 Å². The van der Waals surface area contributed by atoms with E-state index in [0.717, 1.165) is 0 Å². The summed E-state index contributed by atoms with van der Waals surface area (Å²) in [4.78, 5) is 13.3. The first kappa shape index (κ1) is 11.0. The molecule has 1 rings (SSSR count). The number of aromatic hydroxyl groups is 1. The molecule has 0 aliphatic rings. The van der Waals surface area contributed by atoms with Gasteiger partial charge >= 0.3 is 0 Å². The van der Waals surface area contributed by atoms with Crippen molar-refractivity contribution in [3.8, 4) is 5.75 Å². The molecule has 4 nitrogen and oxygen atoms in total. The summed E-state index contributed by atoms with van der Waals surface area (Å²) in [5, 5.41) is 18.1. The molecule has 1 atom stereocenters. The Morgan fingerprint density at radius 3 is 2.58 bits per heavy atom. The Bertz CT molecular complexity index is 308. The molecular weight excluding hydrogens is 182 g/mol. The van der Waals surface area contributed by atoms with Gasteiger partial charge in [-0.05, 0) is 6.92 Å². The monoisotopic (exact) mass is 191 g/mol. The highest BCUT2D eigenvalue weighted by molar-refractivity contribution is 5.85. The molecule has 0 aliphatic heterocycles. The molecule has 12 heavy (non-hydrogen) atoms. The van der Waals surface area contributed by atoms with Crippen molar-refractivity contribution >= 4 is 12.4 Å². The van der Waals surface area contributed by atoms with Crippen LogP contribution in [0, 0.1) is 0 Å². The minimum Gasteiger partial charge on any atom is -0.503 e. The standard InChI is InChI=1S/C7H9NO3.ClH/c1-4(9)6-7(11)5(10)2-3-8-6;/h2-4,9,11H,1H3,(H,8,10);1H. The smallest absolute Gasteiger partial charge is 0.223 e. The summed E-state index contributed by atoms with van der Waals surface area (Å²) in [5.41, 5.74) is -0.336. The number of hydrogen-bond donors (Lipinski definition) is 3. The molecule has 1 unspecified atom stereocenters. The zero-order valence-electron chi connectivity index (χ0n) is 6.44. The van der Waals surface area contributed by atoms with E-state index in [4.69, 9.17) is 10.2 Å². The van der Waals surface area contributed by atoms with Gasteiger partial charge in [-0.2, -0.15) is 0 Å². The molecular formula is C7H10ClNO3. The van der Waals surface area contributed by atoms with Crippen molar-refractivity contribution in [3.63, 3.8) is 0 Å². The number of aliphatic hydroxyl groups is 1. The number of rotatable bonds is 1. The maximum atomic E-state index is 10.8. The largest absolute Gasteiger partial charge is 0.503 e. The lowest BCUT2D eigenvalue weighted by Crippen LogP contribution is -2.05. The van der Waals surface area contributed by atoms with E-state index < -0.39 is 17.3 Å². The van der Waals surface area contributed by atoms with E-state index in [1.165, 1.54) is 19.2 Å². The van der Waals surface area contributed by atoms with Gasteiger partial charge in [-0.3, -0.25) is 4.79 Å². The first-order valence-electron chi connectivity index (χ1n) is 3.21. The van der Waals surface area contributed by atoms with Gasteiger partial charge in [-0.25, -0.2) is 0 Å². The van der Waals surface area contributed by atoms with Crippen LogP contribution in [0.1, 0.15) is 18.7 Å². The van der Waals surface area contributed by atoms with Crippen LogP contribution >= 0.6 is 12.4 Å². The Morgan fingerprint density at radius 2 is 2.17 bits per heavy atom. The van der Waals surface area contributed by atoms with Gasteiger partial charge in [0.05, 0.1) is 11.8 Å². The third-order valence-corrected chi connectivity index (χ3v) is 1.38. The van der Waals surface area contributed by atoms with Gasteiger partial charge in [0, 0.05) is 12.3 Å². The predicted molar refractivity (Wildman–Crippen MR) is 46.6 cm³/mol. The molecule has 5 heteroatoms. The lowest BCUT2D eigenvalue weighted by atomic mass is 10.2. The highest BCUT2D eigenvalue weighted by Crippen LogP contribution is 2.15. The fourth-order valence-corrected chi connectivity index (χ4v) is 0.806. The van der Waals surface area contributed by atoms with Crippen LogP contribution in [0.15, 0.2) is 17.1 Å². The number of halogens is 1. The average Bonchev–Trinajstić information content (AvgIpc) is 1.94. The summed E-state index contributed by atoms with van der Waals surface area (Å²) in [6.45, 7) is 1.46. The summed E-state index contributed by atoms with van der Waals surface area (Å²) in [6, 6.07) is 1.20. The fraction of sp³-hybridized carbons (Fsp3) is 0.286. The van der Waals surface area contributed by atoms with Crippen LogP contribution in [0.5, 0.6) is 5.75 Å². The third-order valence-electron chi connectivity index (χ3n) is 1.38. The molecule has 0 bridgehead atoms. The van der Waals surface area contributed by atoms with E-state index in [2.05, 4.69) is 4.98 Å². The second-order valence-electron chi connectivity index (χ2n) is 2.28. The van der Waals surface area contributed by atoms with Gasteiger partial charge in [0.15, 0.2) is 5.75 Å².